The number of hydrogen-bond acceptors (Lipinski definition) is 8. The number of aromatic nitrogens is 5. The third kappa shape index (κ3) is 5.55. The number of alkyl halides is 3. The van der Waals surface area contributed by atoms with E-state index in [1.807, 2.05) is 0 Å². The predicted molar refractivity (Wildman–Crippen MR) is 129 cm³/mol. The Morgan fingerprint density at radius 2 is 1.84 bits per heavy atom. The molecule has 0 bridgehead atoms. The Kier molecular flexibility index (Phi) is 6.51. The second-order valence-electron chi connectivity index (χ2n) is 8.62. The summed E-state index contributed by atoms with van der Waals surface area (Å²) < 4.78 is 46.8. The molecule has 1 aliphatic rings. The number of nitrogens with zero attached hydrogens (tertiary/aromatic N) is 6. The van der Waals surface area contributed by atoms with Crippen molar-refractivity contribution < 1.29 is 22.7 Å². The smallest absolute Gasteiger partial charge is 0.406 e. The van der Waals surface area contributed by atoms with Gasteiger partial charge < -0.3 is 20.7 Å². The largest absolute Gasteiger partial charge is 0.438 e. The second kappa shape index (κ2) is 9.91. The topological polar surface area (TPSA) is 124 Å². The van der Waals surface area contributed by atoms with Gasteiger partial charge in [0.15, 0.2) is 5.75 Å². The van der Waals surface area contributed by atoms with Crippen LogP contribution in [0.3, 0.4) is 0 Å². The molecule has 1 saturated heterocycles. The summed E-state index contributed by atoms with van der Waals surface area (Å²) >= 11 is 0. The minimum absolute atomic E-state index is 0.0244. The number of pyridine rings is 1. The van der Waals surface area contributed by atoms with Crippen LogP contribution in [0.4, 0.5) is 29.7 Å². The van der Waals surface area contributed by atoms with Gasteiger partial charge in [0.1, 0.15) is 5.82 Å². The second-order valence-corrected chi connectivity index (χ2v) is 8.62. The van der Waals surface area contributed by atoms with E-state index in [2.05, 4.69) is 30.3 Å². The molecule has 0 radical (unpaired) electrons. The summed E-state index contributed by atoms with van der Waals surface area (Å²) in [7, 11) is 0. The van der Waals surface area contributed by atoms with Crippen LogP contribution in [-0.2, 0) is 19.3 Å². The number of nitrogens with two attached hydrogens (primary N) is 1. The van der Waals surface area contributed by atoms with Crippen LogP contribution in [0.15, 0.2) is 49.1 Å². The highest BCUT2D eigenvalue weighted by atomic mass is 19.4. The SMILES string of the molecule is Nc1nccc2cc(CNC(=O)Oc3cn(Cc4cnc(N5CCCC5)nc4)nc3C(F)(F)F)ccc12. The van der Waals surface area contributed by atoms with Gasteiger partial charge in [-0.3, -0.25) is 4.68 Å². The summed E-state index contributed by atoms with van der Waals surface area (Å²) in [5.74, 6) is 0.268. The molecule has 0 unspecified atom stereocenters. The van der Waals surface area contributed by atoms with E-state index in [-0.39, 0.29) is 13.1 Å². The molecular weight excluding hydrogens is 489 g/mol. The fraction of sp³-hybridized carbons (Fsp3) is 0.292. The third-order valence-electron chi connectivity index (χ3n) is 5.92. The van der Waals surface area contributed by atoms with Crippen molar-refractivity contribution in [1.29, 1.82) is 0 Å². The Morgan fingerprint density at radius 1 is 1.08 bits per heavy atom. The first-order valence-electron chi connectivity index (χ1n) is 11.6. The van der Waals surface area contributed by atoms with Crippen LogP contribution in [0.5, 0.6) is 5.75 Å². The molecule has 37 heavy (non-hydrogen) atoms. The van der Waals surface area contributed by atoms with Crippen LogP contribution >= 0.6 is 0 Å². The summed E-state index contributed by atoms with van der Waals surface area (Å²) in [6.45, 7) is 1.77. The van der Waals surface area contributed by atoms with Crippen molar-refractivity contribution in [1.82, 2.24) is 30.0 Å². The zero-order valence-corrected chi connectivity index (χ0v) is 19.6. The Bertz CT molecular complexity index is 1420. The number of carbonyl (C=O) groups is 1. The lowest BCUT2D eigenvalue weighted by Gasteiger charge is -2.14. The number of halogens is 3. The van der Waals surface area contributed by atoms with E-state index in [1.54, 1.807) is 42.9 Å². The highest BCUT2D eigenvalue weighted by molar-refractivity contribution is 5.91. The standard InChI is InChI=1S/C24H23F3N8O2/c25-24(26,27)20-19(14-35(33-20)13-16-11-30-22(31-12-16)34-7-1-2-8-34)37-23(36)32-10-15-3-4-18-17(9-15)5-6-29-21(18)28/h3-6,9,11-12,14H,1-2,7-8,10,13H2,(H2,28,29)(H,32,36). The first-order valence-corrected chi connectivity index (χ1v) is 11.6. The number of ether oxygens (including phenoxy) is 1. The van der Waals surface area contributed by atoms with E-state index >= 15 is 0 Å². The van der Waals surface area contributed by atoms with Crippen LogP contribution in [0.25, 0.3) is 10.8 Å². The summed E-state index contributed by atoms with van der Waals surface area (Å²) in [5.41, 5.74) is 5.80. The summed E-state index contributed by atoms with van der Waals surface area (Å²) in [6, 6.07) is 7.05. The van der Waals surface area contributed by atoms with Crippen molar-refractivity contribution in [2.24, 2.45) is 0 Å². The molecule has 192 valence electrons. The lowest BCUT2D eigenvalue weighted by atomic mass is 10.1. The van der Waals surface area contributed by atoms with Crippen LogP contribution < -0.4 is 20.7 Å². The number of amides is 1. The van der Waals surface area contributed by atoms with E-state index in [0.717, 1.165) is 47.6 Å². The number of nitrogen functional groups attached to an aromatic ring is 1. The van der Waals surface area contributed by atoms with Gasteiger partial charge in [-0.25, -0.2) is 19.7 Å². The number of anilines is 2. The molecule has 1 amide bonds. The van der Waals surface area contributed by atoms with E-state index < -0.39 is 23.7 Å². The maximum Gasteiger partial charge on any atom is 0.438 e. The fourth-order valence-electron chi connectivity index (χ4n) is 4.12. The Labute approximate surface area is 209 Å². The Balaban J connectivity index is 1.25. The number of benzene rings is 1. The fourth-order valence-corrected chi connectivity index (χ4v) is 4.12. The van der Waals surface area contributed by atoms with E-state index in [0.29, 0.717) is 22.9 Å². The van der Waals surface area contributed by atoms with Crippen molar-refractivity contribution in [3.8, 4) is 5.75 Å². The minimum Gasteiger partial charge on any atom is -0.406 e. The van der Waals surface area contributed by atoms with Crippen LogP contribution in [-0.4, -0.2) is 43.9 Å². The maximum absolute atomic E-state index is 13.6. The molecule has 0 saturated carbocycles. The highest BCUT2D eigenvalue weighted by Gasteiger charge is 2.39. The first-order chi connectivity index (χ1) is 17.8. The molecule has 4 aromatic rings. The molecule has 4 heterocycles. The normalized spacial score (nSPS) is 13.8. The molecule has 1 fully saturated rings. The van der Waals surface area contributed by atoms with Crippen molar-refractivity contribution >= 4 is 28.6 Å². The molecule has 0 aliphatic carbocycles. The number of rotatable bonds is 6. The first kappa shape index (κ1) is 24.3. The van der Waals surface area contributed by atoms with Gasteiger partial charge in [-0.05, 0) is 35.9 Å². The van der Waals surface area contributed by atoms with Crippen molar-refractivity contribution in [2.75, 3.05) is 23.7 Å². The van der Waals surface area contributed by atoms with Crippen molar-refractivity contribution in [3.63, 3.8) is 0 Å². The molecule has 0 atom stereocenters. The molecule has 1 aliphatic heterocycles. The zero-order valence-electron chi connectivity index (χ0n) is 19.6. The summed E-state index contributed by atoms with van der Waals surface area (Å²) in [4.78, 5) is 27.0. The molecular formula is C24H23F3N8O2. The monoisotopic (exact) mass is 512 g/mol. The predicted octanol–water partition coefficient (Wildman–Crippen LogP) is 3.76. The van der Waals surface area contributed by atoms with Gasteiger partial charge in [-0.1, -0.05) is 12.1 Å². The number of hydrogen-bond donors (Lipinski definition) is 2. The van der Waals surface area contributed by atoms with Gasteiger partial charge in [0.25, 0.3) is 0 Å². The quantitative estimate of drug-likeness (QED) is 0.400. The van der Waals surface area contributed by atoms with Gasteiger partial charge in [0.05, 0.1) is 12.7 Å². The van der Waals surface area contributed by atoms with Gasteiger partial charge in [-0.15, -0.1) is 0 Å². The van der Waals surface area contributed by atoms with Crippen LogP contribution in [0.1, 0.15) is 29.7 Å². The van der Waals surface area contributed by atoms with Gasteiger partial charge in [0, 0.05) is 49.2 Å². The average molecular weight is 512 g/mol. The molecule has 13 heteroatoms. The summed E-state index contributed by atoms with van der Waals surface area (Å²) in [5, 5.41) is 7.63. The summed E-state index contributed by atoms with van der Waals surface area (Å²) in [6.07, 6.45) is 1.98. The molecule has 3 aromatic heterocycles. The number of nitrogens with one attached hydrogen (secondary N) is 1. The Hall–Kier alpha value is -4.42. The van der Waals surface area contributed by atoms with Gasteiger partial charge in [-0.2, -0.15) is 18.3 Å². The van der Waals surface area contributed by atoms with Crippen LogP contribution in [0, 0.1) is 0 Å². The molecule has 0 spiro atoms. The Morgan fingerprint density at radius 3 is 2.57 bits per heavy atom. The van der Waals surface area contributed by atoms with Gasteiger partial charge >= 0.3 is 12.3 Å². The van der Waals surface area contributed by atoms with E-state index in [9.17, 15) is 18.0 Å². The van der Waals surface area contributed by atoms with Crippen molar-refractivity contribution in [3.05, 3.63) is 65.9 Å². The van der Waals surface area contributed by atoms with E-state index in [1.165, 1.54) is 0 Å². The maximum atomic E-state index is 13.6. The van der Waals surface area contributed by atoms with E-state index in [4.69, 9.17) is 10.5 Å². The van der Waals surface area contributed by atoms with Gasteiger partial charge in [0.2, 0.25) is 11.6 Å². The van der Waals surface area contributed by atoms with Crippen LogP contribution in [0.2, 0.25) is 0 Å². The minimum atomic E-state index is -4.82. The average Bonchev–Trinajstić information content (AvgIpc) is 3.54. The molecule has 5 rings (SSSR count). The third-order valence-corrected chi connectivity index (χ3v) is 5.92. The molecule has 3 N–H and O–H groups in total. The number of fused-ring (bicyclic) bond motifs is 1. The molecule has 1 aromatic carbocycles. The molecule has 10 nitrogen and oxygen atoms in total. The lowest BCUT2D eigenvalue weighted by Crippen LogP contribution is -2.27. The number of carbonyl (C=O) groups excluding carboxylic acids is 1. The lowest BCUT2D eigenvalue weighted by molar-refractivity contribution is -0.142. The zero-order chi connectivity index (χ0) is 26.0. The highest BCUT2D eigenvalue weighted by Crippen LogP contribution is 2.35. The van der Waals surface area contributed by atoms with Crippen molar-refractivity contribution in [2.45, 2.75) is 32.1 Å².